The fourth-order valence-corrected chi connectivity index (χ4v) is 8.58. The van der Waals surface area contributed by atoms with Gasteiger partial charge in [0.15, 0.2) is 0 Å². The Morgan fingerprint density at radius 2 is 1.06 bits per heavy atom. The van der Waals surface area contributed by atoms with E-state index >= 15 is 0 Å². The first-order valence-corrected chi connectivity index (χ1v) is 16.8. The maximum absolute atomic E-state index is 6.35. The van der Waals surface area contributed by atoms with Gasteiger partial charge in [0.2, 0.25) is 0 Å². The van der Waals surface area contributed by atoms with Gasteiger partial charge in [0.25, 0.3) is 0 Å². The molecule has 5 heteroatoms. The Balaban J connectivity index is 1.09. The van der Waals surface area contributed by atoms with Crippen molar-refractivity contribution in [1.29, 1.82) is 0 Å². The predicted octanol–water partition coefficient (Wildman–Crippen LogP) is 12.9. The van der Waals surface area contributed by atoms with Crippen LogP contribution < -0.4 is 4.90 Å². The van der Waals surface area contributed by atoms with Crippen LogP contribution in [0.1, 0.15) is 0 Å². The van der Waals surface area contributed by atoms with Crippen LogP contribution in [0, 0.1) is 0 Å². The SMILES string of the molecule is c1cc(-c2nc3c(s2)-c2cccc4cccc-3c24)cc(N(c2ccc3c(c2)oc2ccccc23)c2ccc3c(c2)oc2ccccc23)c1. The molecule has 0 fully saturated rings. The summed E-state index contributed by atoms with van der Waals surface area (Å²) in [6.45, 7) is 0. The van der Waals surface area contributed by atoms with Crippen LogP contribution in [0.3, 0.4) is 0 Å². The van der Waals surface area contributed by atoms with E-state index in [0.717, 1.165) is 77.2 Å². The van der Waals surface area contributed by atoms with Gasteiger partial charge in [-0.05, 0) is 59.3 Å². The standard InChI is InChI=1S/C43H24N2O2S/c1-3-16-36-30(12-1)32-20-18-28(23-38(32)46-36)45(29-19-21-33-31-13-2-4-17-37(31)47-39(33)24-29)27-11-5-10-26(22-27)43-44-41-34-14-6-8-25-9-7-15-35(40(25)34)42(41)48-43/h1-24H. The Morgan fingerprint density at radius 3 is 1.75 bits per heavy atom. The molecular weight excluding hydrogens is 609 g/mol. The number of thiazole rings is 1. The molecule has 0 amide bonds. The molecule has 0 unspecified atom stereocenters. The number of hydrogen-bond acceptors (Lipinski definition) is 5. The summed E-state index contributed by atoms with van der Waals surface area (Å²) in [4.78, 5) is 8.77. The lowest BCUT2D eigenvalue weighted by Gasteiger charge is -2.25. The number of furan rings is 2. The Kier molecular flexibility index (Phi) is 5.23. The number of anilines is 3. The molecule has 0 aliphatic heterocycles. The molecule has 0 saturated heterocycles. The fourth-order valence-electron chi connectivity index (χ4n) is 7.47. The van der Waals surface area contributed by atoms with Crippen molar-refractivity contribution in [2.24, 2.45) is 0 Å². The van der Waals surface area contributed by atoms with Crippen molar-refractivity contribution in [3.63, 3.8) is 0 Å². The van der Waals surface area contributed by atoms with Crippen LogP contribution in [0.4, 0.5) is 17.1 Å². The molecule has 0 atom stereocenters. The van der Waals surface area contributed by atoms with Crippen molar-refractivity contribution in [3.8, 4) is 32.3 Å². The second-order valence-electron chi connectivity index (χ2n) is 12.3. The molecule has 3 aromatic heterocycles. The maximum atomic E-state index is 6.35. The Morgan fingerprint density at radius 1 is 0.479 bits per heavy atom. The minimum Gasteiger partial charge on any atom is -0.456 e. The van der Waals surface area contributed by atoms with E-state index in [0.29, 0.717) is 0 Å². The van der Waals surface area contributed by atoms with E-state index in [1.54, 1.807) is 11.3 Å². The van der Waals surface area contributed by atoms with E-state index in [1.165, 1.54) is 26.8 Å². The highest BCUT2D eigenvalue weighted by molar-refractivity contribution is 7.19. The first kappa shape index (κ1) is 26.0. The number of para-hydroxylation sites is 2. The Bertz CT molecular complexity index is 2760. The van der Waals surface area contributed by atoms with E-state index < -0.39 is 0 Å². The van der Waals surface area contributed by atoms with Crippen LogP contribution >= 0.6 is 11.3 Å². The summed E-state index contributed by atoms with van der Waals surface area (Å²) in [6.07, 6.45) is 0. The normalized spacial score (nSPS) is 12.2. The largest absolute Gasteiger partial charge is 0.456 e. The highest BCUT2D eigenvalue weighted by Crippen LogP contribution is 2.51. The number of hydrogen-bond donors (Lipinski definition) is 0. The molecule has 3 heterocycles. The van der Waals surface area contributed by atoms with Crippen LogP contribution in [-0.2, 0) is 0 Å². The number of nitrogens with zero attached hydrogens (tertiary/aromatic N) is 2. The molecule has 11 rings (SSSR count). The molecule has 1 aliphatic carbocycles. The monoisotopic (exact) mass is 632 g/mol. The molecule has 1 aliphatic rings. The summed E-state index contributed by atoms with van der Waals surface area (Å²) in [5.41, 5.74) is 11.1. The van der Waals surface area contributed by atoms with Crippen molar-refractivity contribution >= 4 is 83.0 Å². The number of aromatic nitrogens is 1. The van der Waals surface area contributed by atoms with Gasteiger partial charge in [-0.2, -0.15) is 0 Å². The number of rotatable bonds is 4. The molecule has 0 radical (unpaired) electrons. The first-order valence-electron chi connectivity index (χ1n) is 16.0. The fraction of sp³-hybridized carbons (Fsp3) is 0. The van der Waals surface area contributed by atoms with Crippen molar-refractivity contribution in [2.75, 3.05) is 4.90 Å². The molecule has 224 valence electrons. The molecule has 0 spiro atoms. The molecule has 10 aromatic rings. The highest BCUT2D eigenvalue weighted by atomic mass is 32.1. The van der Waals surface area contributed by atoms with Crippen LogP contribution in [0.5, 0.6) is 0 Å². The first-order chi connectivity index (χ1) is 23.8. The van der Waals surface area contributed by atoms with Crippen LogP contribution in [0.2, 0.25) is 0 Å². The lowest BCUT2D eigenvalue weighted by molar-refractivity contribution is 0.669. The molecule has 48 heavy (non-hydrogen) atoms. The van der Waals surface area contributed by atoms with Crippen LogP contribution in [-0.4, -0.2) is 4.98 Å². The van der Waals surface area contributed by atoms with E-state index in [1.807, 2.05) is 24.3 Å². The minimum absolute atomic E-state index is 0.851. The minimum atomic E-state index is 0.851. The third-order valence-corrected chi connectivity index (χ3v) is 10.8. The third kappa shape index (κ3) is 3.68. The zero-order chi connectivity index (χ0) is 31.3. The molecule has 0 saturated carbocycles. The smallest absolute Gasteiger partial charge is 0.137 e. The topological polar surface area (TPSA) is 42.4 Å². The summed E-state index contributed by atoms with van der Waals surface area (Å²) in [5, 5.41) is 8.01. The second-order valence-corrected chi connectivity index (χ2v) is 13.3. The van der Waals surface area contributed by atoms with Crippen LogP contribution in [0.25, 0.3) is 86.9 Å². The van der Waals surface area contributed by atoms with Crippen molar-refractivity contribution in [3.05, 3.63) is 146 Å². The van der Waals surface area contributed by atoms with Gasteiger partial charge in [0.1, 0.15) is 27.3 Å². The lowest BCUT2D eigenvalue weighted by atomic mass is 10.0. The van der Waals surface area contributed by atoms with E-state index in [2.05, 4.69) is 126 Å². The molecule has 0 N–H and O–H groups in total. The number of benzene rings is 7. The van der Waals surface area contributed by atoms with E-state index in [4.69, 9.17) is 13.8 Å². The van der Waals surface area contributed by atoms with Gasteiger partial charge in [-0.3, -0.25) is 0 Å². The summed E-state index contributed by atoms with van der Waals surface area (Å²) in [5.74, 6) is 0. The third-order valence-electron chi connectivity index (χ3n) is 9.62. The van der Waals surface area contributed by atoms with Crippen molar-refractivity contribution < 1.29 is 8.83 Å². The lowest BCUT2D eigenvalue weighted by Crippen LogP contribution is -2.09. The van der Waals surface area contributed by atoms with E-state index in [9.17, 15) is 0 Å². The van der Waals surface area contributed by atoms with Gasteiger partial charge >= 0.3 is 0 Å². The second kappa shape index (κ2) is 9.67. The molecule has 4 nitrogen and oxygen atoms in total. The average molecular weight is 633 g/mol. The zero-order valence-corrected chi connectivity index (χ0v) is 26.3. The van der Waals surface area contributed by atoms with E-state index in [-0.39, 0.29) is 0 Å². The van der Waals surface area contributed by atoms with Crippen LogP contribution in [0.15, 0.2) is 154 Å². The molecule has 0 bridgehead atoms. The molecule has 7 aromatic carbocycles. The van der Waals surface area contributed by atoms with Gasteiger partial charge in [-0.25, -0.2) is 4.98 Å². The summed E-state index contributed by atoms with van der Waals surface area (Å²) in [7, 11) is 0. The summed E-state index contributed by atoms with van der Waals surface area (Å²) >= 11 is 1.77. The van der Waals surface area contributed by atoms with Crippen molar-refractivity contribution in [2.45, 2.75) is 0 Å². The Hall–Kier alpha value is -6.17. The number of fused-ring (bicyclic) bond motifs is 9. The summed E-state index contributed by atoms with van der Waals surface area (Å²) < 4.78 is 12.7. The Labute approximate surface area is 278 Å². The highest BCUT2D eigenvalue weighted by Gasteiger charge is 2.26. The van der Waals surface area contributed by atoms with Gasteiger partial charge < -0.3 is 13.7 Å². The zero-order valence-electron chi connectivity index (χ0n) is 25.5. The maximum Gasteiger partial charge on any atom is 0.137 e. The van der Waals surface area contributed by atoms with Crippen molar-refractivity contribution in [1.82, 2.24) is 4.98 Å². The van der Waals surface area contributed by atoms with Gasteiger partial charge in [0, 0.05) is 67.4 Å². The average Bonchev–Trinajstić information content (AvgIpc) is 3.89. The van der Waals surface area contributed by atoms with Gasteiger partial charge in [-0.15, -0.1) is 11.3 Å². The molecular formula is C43H24N2O2S. The van der Waals surface area contributed by atoms with Gasteiger partial charge in [-0.1, -0.05) is 84.9 Å². The predicted molar refractivity (Wildman–Crippen MR) is 199 cm³/mol. The van der Waals surface area contributed by atoms with Gasteiger partial charge in [0.05, 0.1) is 10.6 Å². The quantitative estimate of drug-likeness (QED) is 0.194. The summed E-state index contributed by atoms with van der Waals surface area (Å²) in [6, 6.07) is 51.1.